The van der Waals surface area contributed by atoms with E-state index >= 15 is 0 Å². The van der Waals surface area contributed by atoms with Gasteiger partial charge in [-0.25, -0.2) is 4.98 Å². The highest BCUT2D eigenvalue weighted by atomic mass is 16.2. The van der Waals surface area contributed by atoms with E-state index in [-0.39, 0.29) is 11.9 Å². The first-order chi connectivity index (χ1) is 17.0. The number of hydrogen-bond donors (Lipinski definition) is 2. The van der Waals surface area contributed by atoms with Gasteiger partial charge in [0.1, 0.15) is 11.9 Å². The Morgan fingerprint density at radius 1 is 1.03 bits per heavy atom. The van der Waals surface area contributed by atoms with Gasteiger partial charge in [0.15, 0.2) is 5.82 Å². The van der Waals surface area contributed by atoms with Crippen molar-refractivity contribution in [1.29, 1.82) is 0 Å². The Morgan fingerprint density at radius 3 is 2.63 bits per heavy atom. The average Bonchev–Trinajstić information content (AvgIpc) is 3.65. The zero-order valence-electron chi connectivity index (χ0n) is 21.3. The van der Waals surface area contributed by atoms with Gasteiger partial charge in [-0.05, 0) is 63.2 Å². The molecule has 0 spiro atoms. The molecule has 8 heteroatoms. The van der Waals surface area contributed by atoms with Crippen LogP contribution in [0.15, 0.2) is 6.07 Å². The molecular weight excluding hydrogens is 438 g/mol. The largest absolute Gasteiger partial charge is 0.341 e. The van der Waals surface area contributed by atoms with E-state index < -0.39 is 0 Å². The van der Waals surface area contributed by atoms with Crippen LogP contribution in [0.2, 0.25) is 0 Å². The molecule has 0 radical (unpaired) electrons. The molecule has 2 N–H and O–H groups in total. The van der Waals surface area contributed by atoms with Crippen LogP contribution >= 0.6 is 0 Å². The Balaban J connectivity index is 1.23. The number of hydrogen-bond acceptors (Lipinski definition) is 6. The molecule has 3 fully saturated rings. The summed E-state index contributed by atoms with van der Waals surface area (Å²) in [5.74, 6) is 3.25. The molecule has 0 bridgehead atoms. The number of rotatable bonds is 5. The molecule has 1 saturated carbocycles. The maximum atomic E-state index is 13.5. The van der Waals surface area contributed by atoms with Gasteiger partial charge in [-0.2, -0.15) is 10.1 Å². The molecule has 2 aromatic heterocycles. The van der Waals surface area contributed by atoms with Crippen molar-refractivity contribution >= 4 is 23.5 Å². The summed E-state index contributed by atoms with van der Waals surface area (Å²) >= 11 is 0. The van der Waals surface area contributed by atoms with Gasteiger partial charge in [0, 0.05) is 42.9 Å². The molecule has 2 saturated heterocycles. The Labute approximate surface area is 208 Å². The number of carbonyl (C=O) groups is 1. The van der Waals surface area contributed by atoms with E-state index in [1.165, 1.54) is 36.9 Å². The molecule has 4 heterocycles. The fraction of sp³-hybridized carbons (Fsp3) is 0.704. The Kier molecular flexibility index (Phi) is 5.93. The summed E-state index contributed by atoms with van der Waals surface area (Å²) in [5, 5.41) is 11.3. The highest BCUT2D eigenvalue weighted by molar-refractivity contribution is 5.85. The lowest BCUT2D eigenvalue weighted by Gasteiger charge is -2.39. The molecule has 6 rings (SSSR count). The number of piperidine rings is 1. The van der Waals surface area contributed by atoms with Gasteiger partial charge in [0.25, 0.3) is 0 Å². The van der Waals surface area contributed by atoms with Crippen molar-refractivity contribution in [1.82, 2.24) is 25.1 Å². The summed E-state index contributed by atoms with van der Waals surface area (Å²) in [4.78, 5) is 27.8. The summed E-state index contributed by atoms with van der Waals surface area (Å²) in [6.45, 7) is 7.16. The molecule has 0 unspecified atom stereocenters. The minimum absolute atomic E-state index is 0.150. The Hall–Kier alpha value is -2.64. The number of carbonyl (C=O) groups excluding carboxylic acids is 1. The molecule has 8 nitrogen and oxygen atoms in total. The molecule has 35 heavy (non-hydrogen) atoms. The van der Waals surface area contributed by atoms with E-state index in [0.29, 0.717) is 17.3 Å². The minimum atomic E-state index is -0.150. The molecule has 4 aliphatic rings. The molecule has 1 atom stereocenters. The van der Waals surface area contributed by atoms with Crippen molar-refractivity contribution in [2.45, 2.75) is 96.4 Å². The van der Waals surface area contributed by atoms with E-state index in [2.05, 4.69) is 45.2 Å². The lowest BCUT2D eigenvalue weighted by atomic mass is 9.82. The van der Waals surface area contributed by atoms with Gasteiger partial charge in [0.05, 0.1) is 5.69 Å². The number of fused-ring (bicyclic) bond motifs is 1. The monoisotopic (exact) mass is 477 g/mol. The molecular formula is C27H39N7O. The number of nitrogens with one attached hydrogen (secondary N) is 2. The first-order valence-corrected chi connectivity index (χ1v) is 13.7. The number of nitrogens with zero attached hydrogens (tertiary/aromatic N) is 5. The first kappa shape index (κ1) is 22.8. The standard InChI is InChI=1S/C27H39N7O/c1-27(2)12-15-33(16-13-27)25(35)22-11-6-14-34(22)26-28-20-10-5-9-19(20)24(30-26)29-23-17-21(31-32-23)18-7-3-4-8-18/h17-18,22H,3-16H2,1-2H3,(H2,28,29,30,31,32)/t22-/m1/s1. The Morgan fingerprint density at radius 2 is 1.83 bits per heavy atom. The second-order valence-electron chi connectivity index (χ2n) is 11.8. The fourth-order valence-corrected chi connectivity index (χ4v) is 6.43. The van der Waals surface area contributed by atoms with Crippen molar-refractivity contribution in [2.75, 3.05) is 29.9 Å². The molecule has 2 aliphatic carbocycles. The normalized spacial score (nSPS) is 24.2. The third-order valence-corrected chi connectivity index (χ3v) is 8.78. The summed E-state index contributed by atoms with van der Waals surface area (Å²) < 4.78 is 0. The summed E-state index contributed by atoms with van der Waals surface area (Å²) in [7, 11) is 0. The van der Waals surface area contributed by atoms with Crippen molar-refractivity contribution in [3.8, 4) is 0 Å². The number of H-pyrrole nitrogens is 1. The van der Waals surface area contributed by atoms with Crippen LogP contribution in [0, 0.1) is 5.41 Å². The van der Waals surface area contributed by atoms with Gasteiger partial charge < -0.3 is 15.1 Å². The quantitative estimate of drug-likeness (QED) is 0.648. The number of amides is 1. The third kappa shape index (κ3) is 4.52. The topological polar surface area (TPSA) is 90.0 Å². The molecule has 188 valence electrons. The van der Waals surface area contributed by atoms with Crippen LogP contribution in [0.5, 0.6) is 0 Å². The molecule has 2 aliphatic heterocycles. The summed E-state index contributed by atoms with van der Waals surface area (Å²) in [5.41, 5.74) is 3.90. The summed E-state index contributed by atoms with van der Waals surface area (Å²) in [6.07, 6.45) is 12.2. The van der Waals surface area contributed by atoms with Crippen LogP contribution < -0.4 is 10.2 Å². The predicted molar refractivity (Wildman–Crippen MR) is 137 cm³/mol. The lowest BCUT2D eigenvalue weighted by Crippen LogP contribution is -2.50. The third-order valence-electron chi connectivity index (χ3n) is 8.78. The van der Waals surface area contributed by atoms with Gasteiger partial charge in [-0.1, -0.05) is 26.7 Å². The van der Waals surface area contributed by atoms with Crippen LogP contribution in [-0.2, 0) is 17.6 Å². The van der Waals surface area contributed by atoms with Crippen LogP contribution in [0.4, 0.5) is 17.6 Å². The van der Waals surface area contributed by atoms with E-state index in [0.717, 1.165) is 81.9 Å². The van der Waals surface area contributed by atoms with E-state index in [1.807, 2.05) is 0 Å². The second kappa shape index (κ2) is 9.10. The summed E-state index contributed by atoms with van der Waals surface area (Å²) in [6, 6.07) is 2.00. The van der Waals surface area contributed by atoms with Gasteiger partial charge in [-0.15, -0.1) is 0 Å². The number of likely N-dealkylation sites (tertiary alicyclic amines) is 1. The fourth-order valence-electron chi connectivity index (χ4n) is 6.43. The predicted octanol–water partition coefficient (Wildman–Crippen LogP) is 4.71. The van der Waals surface area contributed by atoms with Gasteiger partial charge in [-0.3, -0.25) is 9.89 Å². The Bertz CT molecular complexity index is 1080. The van der Waals surface area contributed by atoms with Crippen molar-refractivity contribution in [3.63, 3.8) is 0 Å². The lowest BCUT2D eigenvalue weighted by molar-refractivity contribution is -0.134. The van der Waals surface area contributed by atoms with Crippen molar-refractivity contribution in [3.05, 3.63) is 23.0 Å². The second-order valence-corrected chi connectivity index (χ2v) is 11.8. The van der Waals surface area contributed by atoms with E-state index in [4.69, 9.17) is 9.97 Å². The van der Waals surface area contributed by atoms with Crippen molar-refractivity contribution < 1.29 is 4.79 Å². The maximum Gasteiger partial charge on any atom is 0.245 e. The van der Waals surface area contributed by atoms with E-state index in [1.54, 1.807) is 0 Å². The van der Waals surface area contributed by atoms with Crippen LogP contribution in [0.1, 0.15) is 94.5 Å². The average molecular weight is 478 g/mol. The van der Waals surface area contributed by atoms with Gasteiger partial charge >= 0.3 is 0 Å². The van der Waals surface area contributed by atoms with Crippen LogP contribution in [-0.4, -0.2) is 56.6 Å². The number of aromatic amines is 1. The molecule has 0 aromatic carbocycles. The number of aromatic nitrogens is 4. The highest BCUT2D eigenvalue weighted by Crippen LogP contribution is 2.36. The minimum Gasteiger partial charge on any atom is -0.341 e. The SMILES string of the molecule is CC1(C)CCN(C(=O)[C@H]2CCCN2c2nc3c(c(Nc4cc(C5CCCC5)[nH]n4)n2)CCC3)CC1. The van der Waals surface area contributed by atoms with Crippen LogP contribution in [0.3, 0.4) is 0 Å². The highest BCUT2D eigenvalue weighted by Gasteiger charge is 2.38. The number of aryl methyl sites for hydroxylation is 1. The van der Waals surface area contributed by atoms with Gasteiger partial charge in [0.2, 0.25) is 11.9 Å². The van der Waals surface area contributed by atoms with Crippen LogP contribution in [0.25, 0.3) is 0 Å². The smallest absolute Gasteiger partial charge is 0.245 e. The zero-order chi connectivity index (χ0) is 24.0. The van der Waals surface area contributed by atoms with Crippen molar-refractivity contribution in [2.24, 2.45) is 5.41 Å². The zero-order valence-corrected chi connectivity index (χ0v) is 21.3. The molecule has 1 amide bonds. The first-order valence-electron chi connectivity index (χ1n) is 13.7. The number of anilines is 3. The maximum absolute atomic E-state index is 13.5. The van der Waals surface area contributed by atoms with E-state index in [9.17, 15) is 4.79 Å². The molecule has 2 aromatic rings.